The molecular formula is C29H30N2O. The van der Waals surface area contributed by atoms with Gasteiger partial charge in [-0.15, -0.1) is 0 Å². The van der Waals surface area contributed by atoms with E-state index in [1.165, 1.54) is 33.5 Å². The van der Waals surface area contributed by atoms with E-state index in [4.69, 9.17) is 9.72 Å². The Hall–Kier alpha value is -3.33. The Morgan fingerprint density at radius 3 is 2.16 bits per heavy atom. The van der Waals surface area contributed by atoms with Crippen LogP contribution >= 0.6 is 0 Å². The summed E-state index contributed by atoms with van der Waals surface area (Å²) in [6, 6.07) is 17.5. The highest BCUT2D eigenvalue weighted by Crippen LogP contribution is 2.53. The first-order chi connectivity index (χ1) is 15.1. The molecule has 2 heterocycles. The molecule has 5 rings (SSSR count). The molecule has 0 unspecified atom stereocenters. The fourth-order valence-electron chi connectivity index (χ4n) is 4.65. The summed E-state index contributed by atoms with van der Waals surface area (Å²) in [5, 5.41) is 2.18. The number of hydrogen-bond donors (Lipinski definition) is 0. The van der Waals surface area contributed by atoms with Crippen molar-refractivity contribution in [3.63, 3.8) is 0 Å². The normalized spacial score (nSPS) is 13.0. The van der Waals surface area contributed by atoms with Crippen molar-refractivity contribution >= 4 is 28.0 Å². The number of nitrogens with zero attached hydrogens (tertiary/aromatic N) is 2. The maximum Gasteiger partial charge on any atom is 0.182 e. The molecule has 0 N–H and O–H groups in total. The van der Waals surface area contributed by atoms with Gasteiger partial charge in [-0.25, -0.2) is 4.98 Å². The molecule has 0 atom stereocenters. The molecule has 0 amide bonds. The summed E-state index contributed by atoms with van der Waals surface area (Å²) in [6.45, 7) is 15.4. The number of anilines is 3. The first kappa shape index (κ1) is 20.6. The molecule has 1 aromatic heterocycles. The highest BCUT2D eigenvalue weighted by Gasteiger charge is 2.31. The van der Waals surface area contributed by atoms with Crippen molar-refractivity contribution in [2.24, 2.45) is 0 Å². The van der Waals surface area contributed by atoms with Crippen molar-refractivity contribution < 1.29 is 4.74 Å². The Morgan fingerprint density at radius 2 is 1.47 bits per heavy atom. The van der Waals surface area contributed by atoms with E-state index in [1.54, 1.807) is 0 Å². The fourth-order valence-corrected chi connectivity index (χ4v) is 4.65. The summed E-state index contributed by atoms with van der Waals surface area (Å²) < 4.78 is 6.52. The van der Waals surface area contributed by atoms with E-state index in [9.17, 15) is 0 Å². The van der Waals surface area contributed by atoms with Gasteiger partial charge in [0.2, 0.25) is 0 Å². The molecule has 3 nitrogen and oxygen atoms in total. The second kappa shape index (κ2) is 7.09. The number of aromatic nitrogens is 1. The second-order valence-corrected chi connectivity index (χ2v) is 10.1. The lowest BCUT2D eigenvalue weighted by molar-refractivity contribution is 0.479. The Kier molecular flexibility index (Phi) is 4.56. The number of fused-ring (bicyclic) bond motifs is 4. The zero-order valence-electron chi connectivity index (χ0n) is 20.0. The van der Waals surface area contributed by atoms with Crippen LogP contribution < -0.4 is 9.64 Å². The molecule has 1 aliphatic rings. The minimum atomic E-state index is 0.0955. The Labute approximate surface area is 190 Å². The fraction of sp³-hybridized carbons (Fsp3) is 0.276. The van der Waals surface area contributed by atoms with E-state index in [1.807, 2.05) is 6.20 Å². The van der Waals surface area contributed by atoms with Crippen LogP contribution in [-0.4, -0.2) is 4.98 Å². The second-order valence-electron chi connectivity index (χ2n) is 10.1. The topological polar surface area (TPSA) is 25.4 Å². The molecule has 0 saturated heterocycles. The van der Waals surface area contributed by atoms with Crippen molar-refractivity contribution in [1.29, 1.82) is 0 Å². The van der Waals surface area contributed by atoms with Gasteiger partial charge in [-0.2, -0.15) is 0 Å². The highest BCUT2D eigenvalue weighted by atomic mass is 16.5. The minimum Gasteiger partial charge on any atom is -0.451 e. The van der Waals surface area contributed by atoms with Crippen LogP contribution in [-0.2, 0) is 5.41 Å². The largest absolute Gasteiger partial charge is 0.451 e. The van der Waals surface area contributed by atoms with E-state index < -0.39 is 0 Å². The molecule has 3 aromatic carbocycles. The predicted octanol–water partition coefficient (Wildman–Crippen LogP) is 8.34. The number of rotatable bonds is 1. The predicted molar refractivity (Wildman–Crippen MR) is 134 cm³/mol. The Morgan fingerprint density at radius 1 is 0.812 bits per heavy atom. The van der Waals surface area contributed by atoms with Gasteiger partial charge < -0.3 is 4.74 Å². The van der Waals surface area contributed by atoms with Crippen molar-refractivity contribution in [3.05, 3.63) is 82.5 Å². The van der Waals surface area contributed by atoms with E-state index in [0.717, 1.165) is 33.8 Å². The minimum absolute atomic E-state index is 0.0955. The number of pyridine rings is 1. The van der Waals surface area contributed by atoms with E-state index >= 15 is 0 Å². The third-order valence-electron chi connectivity index (χ3n) is 6.34. The Bertz CT molecular complexity index is 1360. The van der Waals surface area contributed by atoms with E-state index in [2.05, 4.69) is 102 Å². The van der Waals surface area contributed by atoms with Crippen LogP contribution in [0.25, 0.3) is 10.8 Å². The summed E-state index contributed by atoms with van der Waals surface area (Å²) in [6.07, 6.45) is 1.96. The van der Waals surface area contributed by atoms with Gasteiger partial charge in [0.1, 0.15) is 0 Å². The van der Waals surface area contributed by atoms with Gasteiger partial charge in [0, 0.05) is 17.0 Å². The molecular weight excluding hydrogens is 392 g/mol. The van der Waals surface area contributed by atoms with Gasteiger partial charge in [-0.3, -0.25) is 4.90 Å². The van der Waals surface area contributed by atoms with Crippen LogP contribution in [0.5, 0.6) is 11.5 Å². The van der Waals surface area contributed by atoms with Crippen LogP contribution in [0.4, 0.5) is 17.2 Å². The number of hydrogen-bond acceptors (Lipinski definition) is 3. The maximum absolute atomic E-state index is 6.52. The average Bonchev–Trinajstić information content (AvgIpc) is 2.71. The smallest absolute Gasteiger partial charge is 0.182 e. The highest BCUT2D eigenvalue weighted by molar-refractivity contribution is 5.98. The van der Waals surface area contributed by atoms with E-state index in [0.29, 0.717) is 0 Å². The summed E-state index contributed by atoms with van der Waals surface area (Å²) >= 11 is 0. The van der Waals surface area contributed by atoms with Gasteiger partial charge in [0.05, 0.1) is 11.4 Å². The number of benzene rings is 3. The molecule has 1 aliphatic heterocycles. The first-order valence-corrected chi connectivity index (χ1v) is 11.2. The van der Waals surface area contributed by atoms with Crippen LogP contribution in [0.3, 0.4) is 0 Å². The van der Waals surface area contributed by atoms with Crippen molar-refractivity contribution in [3.8, 4) is 11.5 Å². The molecule has 0 fully saturated rings. The van der Waals surface area contributed by atoms with Gasteiger partial charge in [0.25, 0.3) is 0 Å². The third-order valence-corrected chi connectivity index (χ3v) is 6.34. The van der Waals surface area contributed by atoms with Gasteiger partial charge in [0.15, 0.2) is 17.3 Å². The lowest BCUT2D eigenvalue weighted by Crippen LogP contribution is -2.20. The van der Waals surface area contributed by atoms with Crippen molar-refractivity contribution in [1.82, 2.24) is 4.98 Å². The molecule has 0 radical (unpaired) electrons. The standard InChI is InChI=1S/C29H30N2O/c1-17-8-10-23-21(12-17)16-30-28-27(23)32-25-13-18(2)9-11-24(25)31(28)26-19(3)14-22(15-20(26)4)29(5,6)7/h8-16H,1-7H3. The summed E-state index contributed by atoms with van der Waals surface area (Å²) in [7, 11) is 0. The quantitative estimate of drug-likeness (QED) is 0.271. The molecule has 0 bridgehead atoms. The van der Waals surface area contributed by atoms with E-state index in [-0.39, 0.29) is 5.41 Å². The van der Waals surface area contributed by atoms with Gasteiger partial charge >= 0.3 is 0 Å². The molecule has 0 saturated carbocycles. The lowest BCUT2D eigenvalue weighted by atomic mass is 9.84. The molecule has 32 heavy (non-hydrogen) atoms. The third kappa shape index (κ3) is 3.24. The maximum atomic E-state index is 6.52. The first-order valence-electron chi connectivity index (χ1n) is 11.2. The SMILES string of the molecule is Cc1ccc2c(c1)Oc1c(ncc3cc(C)ccc13)N2c1c(C)cc(C(C)(C)C)cc1C. The monoisotopic (exact) mass is 422 g/mol. The van der Waals surface area contributed by atoms with Crippen molar-refractivity contribution in [2.75, 3.05) is 4.90 Å². The average molecular weight is 423 g/mol. The summed E-state index contributed by atoms with van der Waals surface area (Å²) in [5.74, 6) is 2.53. The molecule has 0 aliphatic carbocycles. The number of ether oxygens (including phenoxy) is 1. The molecule has 3 heteroatoms. The van der Waals surface area contributed by atoms with Gasteiger partial charge in [-0.1, -0.05) is 56.7 Å². The molecule has 0 spiro atoms. The molecule has 4 aromatic rings. The summed E-state index contributed by atoms with van der Waals surface area (Å²) in [4.78, 5) is 7.20. The van der Waals surface area contributed by atoms with Gasteiger partial charge in [-0.05, 0) is 73.6 Å². The lowest BCUT2D eigenvalue weighted by Gasteiger charge is -2.35. The molecule has 162 valence electrons. The summed E-state index contributed by atoms with van der Waals surface area (Å²) in [5.41, 5.74) is 8.50. The van der Waals surface area contributed by atoms with Crippen molar-refractivity contribution in [2.45, 2.75) is 53.9 Å². The number of aryl methyl sites for hydroxylation is 4. The zero-order chi connectivity index (χ0) is 22.8. The van der Waals surface area contributed by atoms with Crippen LogP contribution in [0.1, 0.15) is 48.6 Å². The zero-order valence-corrected chi connectivity index (χ0v) is 20.0. The van der Waals surface area contributed by atoms with Crippen LogP contribution in [0, 0.1) is 27.7 Å². The Balaban J connectivity index is 1.81. The van der Waals surface area contributed by atoms with Crippen LogP contribution in [0.2, 0.25) is 0 Å². The van der Waals surface area contributed by atoms with Crippen LogP contribution in [0.15, 0.2) is 54.7 Å².